The van der Waals surface area contributed by atoms with Crippen LogP contribution < -0.4 is 10.6 Å². The average molecular weight is 438 g/mol. The molecule has 0 radical (unpaired) electrons. The van der Waals surface area contributed by atoms with Gasteiger partial charge in [0.15, 0.2) is 5.82 Å². The van der Waals surface area contributed by atoms with Gasteiger partial charge >= 0.3 is 0 Å². The fourth-order valence-electron chi connectivity index (χ4n) is 3.68. The first-order valence-corrected chi connectivity index (χ1v) is 10.7. The zero-order valence-corrected chi connectivity index (χ0v) is 18.0. The van der Waals surface area contributed by atoms with Gasteiger partial charge in [-0.05, 0) is 55.0 Å². The number of amides is 1. The first-order chi connectivity index (χ1) is 16.1. The smallest absolute Gasteiger partial charge is 0.224 e. The third kappa shape index (κ3) is 4.31. The second-order valence-corrected chi connectivity index (χ2v) is 7.77. The lowest BCUT2D eigenvalue weighted by atomic mass is 10.1. The molecule has 0 aliphatic rings. The quantitative estimate of drug-likeness (QED) is 0.284. The Morgan fingerprint density at radius 2 is 1.94 bits per heavy atom. The number of nitrogens with one attached hydrogen (secondary N) is 3. The summed E-state index contributed by atoms with van der Waals surface area (Å²) in [5.41, 5.74) is 3.92. The van der Waals surface area contributed by atoms with Crippen LogP contribution in [0.5, 0.6) is 5.75 Å². The Bertz CT molecular complexity index is 1480. The topological polar surface area (TPSA) is 116 Å². The first-order valence-electron chi connectivity index (χ1n) is 10.7. The monoisotopic (exact) mass is 438 g/mol. The van der Waals surface area contributed by atoms with Gasteiger partial charge in [-0.25, -0.2) is 9.97 Å². The van der Waals surface area contributed by atoms with Crippen molar-refractivity contribution in [2.45, 2.75) is 19.8 Å². The molecule has 33 heavy (non-hydrogen) atoms. The summed E-state index contributed by atoms with van der Waals surface area (Å²) < 4.78 is 0. The molecule has 2 heterocycles. The second kappa shape index (κ2) is 8.58. The number of carbonyl (C=O) groups is 1. The number of fused-ring (bicyclic) bond motifs is 2. The van der Waals surface area contributed by atoms with Crippen molar-refractivity contribution in [2.75, 3.05) is 10.6 Å². The minimum absolute atomic E-state index is 0.0263. The van der Waals surface area contributed by atoms with E-state index in [1.165, 1.54) is 0 Å². The molecule has 8 nitrogen and oxygen atoms in total. The number of aromatic nitrogens is 4. The van der Waals surface area contributed by atoms with Crippen LogP contribution in [0.1, 0.15) is 19.8 Å². The Kier molecular flexibility index (Phi) is 5.32. The van der Waals surface area contributed by atoms with E-state index in [-0.39, 0.29) is 11.7 Å². The number of anilines is 3. The standard InChI is InChI=1S/C25H22N6O2/c1-2-4-23(33)27-17-6-3-5-15(11-17)24-29-22-10-8-19(32)13-20(22)25(30-24)28-18-7-9-21-16(12-18)14-26-31-21/h3,5-14,32H,2,4H2,1H3,(H,26,31)(H,27,33)(H,28,29,30). The van der Waals surface area contributed by atoms with Gasteiger partial charge in [0.1, 0.15) is 11.6 Å². The summed E-state index contributed by atoms with van der Waals surface area (Å²) in [6.45, 7) is 1.97. The van der Waals surface area contributed by atoms with Crippen LogP contribution in [-0.2, 0) is 4.79 Å². The van der Waals surface area contributed by atoms with E-state index >= 15 is 0 Å². The van der Waals surface area contributed by atoms with Crippen LogP contribution in [0.15, 0.2) is 66.9 Å². The Hall–Kier alpha value is -4.46. The third-order valence-corrected chi connectivity index (χ3v) is 5.26. The lowest BCUT2D eigenvalue weighted by molar-refractivity contribution is -0.116. The van der Waals surface area contributed by atoms with E-state index in [1.807, 2.05) is 49.4 Å². The maximum Gasteiger partial charge on any atom is 0.224 e. The normalized spacial score (nSPS) is 11.1. The van der Waals surface area contributed by atoms with Crippen molar-refractivity contribution in [2.24, 2.45) is 0 Å². The van der Waals surface area contributed by atoms with Gasteiger partial charge in [0.05, 0.1) is 17.2 Å². The van der Waals surface area contributed by atoms with E-state index in [0.29, 0.717) is 34.7 Å². The summed E-state index contributed by atoms with van der Waals surface area (Å²) in [5.74, 6) is 1.18. The maximum absolute atomic E-state index is 12.0. The largest absolute Gasteiger partial charge is 0.508 e. The zero-order chi connectivity index (χ0) is 22.8. The molecule has 5 rings (SSSR count). The highest BCUT2D eigenvalue weighted by atomic mass is 16.3. The minimum Gasteiger partial charge on any atom is -0.508 e. The summed E-state index contributed by atoms with van der Waals surface area (Å²) in [4.78, 5) is 21.5. The van der Waals surface area contributed by atoms with Crippen molar-refractivity contribution in [3.05, 3.63) is 66.9 Å². The van der Waals surface area contributed by atoms with E-state index in [4.69, 9.17) is 9.97 Å². The number of aromatic hydroxyl groups is 1. The highest BCUT2D eigenvalue weighted by Crippen LogP contribution is 2.31. The molecule has 3 aromatic carbocycles. The van der Waals surface area contributed by atoms with E-state index in [9.17, 15) is 9.90 Å². The van der Waals surface area contributed by atoms with Gasteiger partial charge in [-0.2, -0.15) is 5.10 Å². The molecule has 0 atom stereocenters. The predicted molar refractivity (Wildman–Crippen MR) is 130 cm³/mol. The van der Waals surface area contributed by atoms with E-state index in [2.05, 4.69) is 20.8 Å². The Balaban J connectivity index is 1.56. The molecular weight excluding hydrogens is 416 g/mol. The third-order valence-electron chi connectivity index (χ3n) is 5.26. The van der Waals surface area contributed by atoms with Crippen LogP contribution in [0.3, 0.4) is 0 Å². The minimum atomic E-state index is -0.0263. The number of aromatic amines is 1. The molecule has 4 N–H and O–H groups in total. The SMILES string of the molecule is CCCC(=O)Nc1cccc(-c2nc(Nc3ccc4[nH]ncc4c3)c3cc(O)ccc3n2)c1. The second-order valence-electron chi connectivity index (χ2n) is 7.77. The van der Waals surface area contributed by atoms with Crippen LogP contribution in [0, 0.1) is 0 Å². The number of H-pyrrole nitrogens is 1. The molecule has 8 heteroatoms. The Labute approximate surface area is 189 Å². The van der Waals surface area contributed by atoms with E-state index in [0.717, 1.165) is 28.6 Å². The molecule has 0 fully saturated rings. The van der Waals surface area contributed by atoms with Crippen molar-refractivity contribution in [1.29, 1.82) is 0 Å². The van der Waals surface area contributed by atoms with Crippen molar-refractivity contribution in [1.82, 2.24) is 20.2 Å². The van der Waals surface area contributed by atoms with Crippen molar-refractivity contribution < 1.29 is 9.90 Å². The molecule has 2 aromatic heterocycles. The molecule has 0 bridgehead atoms. The van der Waals surface area contributed by atoms with Crippen LogP contribution in [0.25, 0.3) is 33.2 Å². The number of benzene rings is 3. The molecule has 0 spiro atoms. The highest BCUT2D eigenvalue weighted by Gasteiger charge is 2.12. The van der Waals surface area contributed by atoms with E-state index in [1.54, 1.807) is 24.4 Å². The number of phenols is 1. The van der Waals surface area contributed by atoms with Crippen molar-refractivity contribution >= 4 is 44.9 Å². The van der Waals surface area contributed by atoms with Gasteiger partial charge in [-0.3, -0.25) is 9.89 Å². The van der Waals surface area contributed by atoms with E-state index < -0.39 is 0 Å². The molecule has 1 amide bonds. The molecule has 0 unspecified atom stereocenters. The van der Waals surface area contributed by atoms with Gasteiger partial charge in [0.25, 0.3) is 0 Å². The van der Waals surface area contributed by atoms with Crippen LogP contribution >= 0.6 is 0 Å². The summed E-state index contributed by atoms with van der Waals surface area (Å²) in [6, 6.07) is 18.3. The van der Waals surface area contributed by atoms with Gasteiger partial charge in [-0.15, -0.1) is 0 Å². The molecule has 0 saturated carbocycles. The summed E-state index contributed by atoms with van der Waals surface area (Å²) in [5, 5.41) is 25.0. The number of phenolic OH excluding ortho intramolecular Hbond substituents is 1. The number of hydrogen-bond acceptors (Lipinski definition) is 6. The summed E-state index contributed by atoms with van der Waals surface area (Å²) in [7, 11) is 0. The lowest BCUT2D eigenvalue weighted by Gasteiger charge is -2.12. The first kappa shape index (κ1) is 20.4. The Morgan fingerprint density at radius 1 is 1.03 bits per heavy atom. The summed E-state index contributed by atoms with van der Waals surface area (Å²) >= 11 is 0. The molecule has 0 aliphatic heterocycles. The fourth-order valence-corrected chi connectivity index (χ4v) is 3.68. The van der Waals surface area contributed by atoms with Gasteiger partial charge in [0, 0.05) is 34.1 Å². The molecule has 5 aromatic rings. The maximum atomic E-state index is 12.0. The number of nitrogens with zero attached hydrogens (tertiary/aromatic N) is 3. The van der Waals surface area contributed by atoms with Crippen molar-refractivity contribution in [3.8, 4) is 17.1 Å². The van der Waals surface area contributed by atoms with Crippen LogP contribution in [0.4, 0.5) is 17.2 Å². The number of rotatable bonds is 6. The van der Waals surface area contributed by atoms with Gasteiger partial charge in [-0.1, -0.05) is 19.1 Å². The predicted octanol–water partition coefficient (Wildman–Crippen LogP) is 5.36. The molecule has 0 saturated heterocycles. The van der Waals surface area contributed by atoms with Crippen molar-refractivity contribution in [3.63, 3.8) is 0 Å². The van der Waals surface area contributed by atoms with Crippen LogP contribution in [0.2, 0.25) is 0 Å². The number of carbonyl (C=O) groups excluding carboxylic acids is 1. The molecule has 0 aliphatic carbocycles. The zero-order valence-electron chi connectivity index (χ0n) is 18.0. The fraction of sp³-hybridized carbons (Fsp3) is 0.120. The summed E-state index contributed by atoms with van der Waals surface area (Å²) in [6.07, 6.45) is 3.01. The molecule has 164 valence electrons. The number of hydrogen-bond donors (Lipinski definition) is 4. The van der Waals surface area contributed by atoms with Gasteiger partial charge in [0.2, 0.25) is 5.91 Å². The Morgan fingerprint density at radius 3 is 2.82 bits per heavy atom. The van der Waals surface area contributed by atoms with Gasteiger partial charge < -0.3 is 15.7 Å². The average Bonchev–Trinajstić information content (AvgIpc) is 3.27. The van der Waals surface area contributed by atoms with Crippen LogP contribution in [-0.4, -0.2) is 31.2 Å². The molecular formula is C25H22N6O2. The highest BCUT2D eigenvalue weighted by molar-refractivity contribution is 5.95. The lowest BCUT2D eigenvalue weighted by Crippen LogP contribution is -2.10.